The fourth-order valence-corrected chi connectivity index (χ4v) is 3.05. The summed E-state index contributed by atoms with van der Waals surface area (Å²) in [5.74, 6) is -1.78. The van der Waals surface area contributed by atoms with Crippen LogP contribution in [0, 0.1) is 5.92 Å². The van der Waals surface area contributed by atoms with E-state index in [9.17, 15) is 19.2 Å². The van der Waals surface area contributed by atoms with Crippen molar-refractivity contribution in [2.45, 2.75) is 45.1 Å². The predicted molar refractivity (Wildman–Crippen MR) is 99.2 cm³/mol. The van der Waals surface area contributed by atoms with Crippen LogP contribution in [0.3, 0.4) is 0 Å². The molecule has 1 aromatic carbocycles. The Labute approximate surface area is 157 Å². The first-order valence-electron chi connectivity index (χ1n) is 9.05. The Hall–Kier alpha value is -2.90. The molecule has 8 nitrogen and oxygen atoms in total. The first-order chi connectivity index (χ1) is 12.8. The highest BCUT2D eigenvalue weighted by atomic mass is 16.4. The Kier molecular flexibility index (Phi) is 7.34. The lowest BCUT2D eigenvalue weighted by atomic mass is 10.1. The highest BCUT2D eigenvalue weighted by Crippen LogP contribution is 2.24. The maximum atomic E-state index is 12.1. The van der Waals surface area contributed by atoms with Crippen molar-refractivity contribution < 1.29 is 24.3 Å². The Bertz CT molecular complexity index is 696. The first-order valence-corrected chi connectivity index (χ1v) is 9.05. The lowest BCUT2D eigenvalue weighted by molar-refractivity contribution is -0.135. The van der Waals surface area contributed by atoms with Crippen LogP contribution in [0.5, 0.6) is 0 Å². The second-order valence-electron chi connectivity index (χ2n) is 6.80. The van der Waals surface area contributed by atoms with Crippen LogP contribution in [-0.2, 0) is 14.4 Å². The summed E-state index contributed by atoms with van der Waals surface area (Å²) in [6.07, 6.45) is 4.14. The molecular weight excluding hydrogens is 350 g/mol. The molecule has 1 aliphatic rings. The van der Waals surface area contributed by atoms with Gasteiger partial charge in [0.15, 0.2) is 0 Å². The maximum Gasteiger partial charge on any atom is 0.322 e. The van der Waals surface area contributed by atoms with Crippen LogP contribution in [0.1, 0.15) is 49.4 Å². The number of carboxylic acid groups (broad SMARTS) is 1. The molecule has 0 radical (unpaired) electrons. The van der Waals surface area contributed by atoms with Crippen molar-refractivity contribution in [3.8, 4) is 0 Å². The van der Waals surface area contributed by atoms with E-state index in [1.807, 2.05) is 0 Å². The predicted octanol–water partition coefficient (Wildman–Crippen LogP) is 1.52. The minimum absolute atomic E-state index is 0.0181. The molecule has 0 heterocycles. The number of nitrogens with one attached hydrogen (secondary N) is 3. The van der Waals surface area contributed by atoms with Crippen molar-refractivity contribution in [2.75, 3.05) is 11.9 Å². The Morgan fingerprint density at radius 3 is 2.33 bits per heavy atom. The van der Waals surface area contributed by atoms with Crippen LogP contribution in [0.2, 0.25) is 0 Å². The monoisotopic (exact) mass is 375 g/mol. The summed E-state index contributed by atoms with van der Waals surface area (Å²) in [7, 11) is 0. The zero-order chi connectivity index (χ0) is 19.8. The van der Waals surface area contributed by atoms with E-state index in [0.717, 1.165) is 25.7 Å². The van der Waals surface area contributed by atoms with Gasteiger partial charge in [0, 0.05) is 29.6 Å². The number of carboxylic acids is 1. The molecule has 1 saturated carbocycles. The lowest BCUT2D eigenvalue weighted by Crippen LogP contribution is -2.38. The van der Waals surface area contributed by atoms with Gasteiger partial charge in [0.1, 0.15) is 6.54 Å². The zero-order valence-electron chi connectivity index (χ0n) is 15.3. The van der Waals surface area contributed by atoms with E-state index < -0.39 is 18.4 Å². The molecule has 1 unspecified atom stereocenters. The highest BCUT2D eigenvalue weighted by molar-refractivity contribution is 5.97. The molecule has 1 fully saturated rings. The van der Waals surface area contributed by atoms with Crippen molar-refractivity contribution in [3.05, 3.63) is 29.8 Å². The molecule has 2 rings (SSSR count). The number of hydrogen-bond acceptors (Lipinski definition) is 4. The average molecular weight is 375 g/mol. The summed E-state index contributed by atoms with van der Waals surface area (Å²) in [6, 6.07) is 5.86. The number of amides is 3. The normalized spacial score (nSPS) is 15.0. The molecule has 0 spiro atoms. The van der Waals surface area contributed by atoms with Crippen LogP contribution in [-0.4, -0.2) is 41.4 Å². The second kappa shape index (κ2) is 9.70. The molecule has 0 aliphatic heterocycles. The van der Waals surface area contributed by atoms with E-state index in [2.05, 4.69) is 16.0 Å². The van der Waals surface area contributed by atoms with Crippen LogP contribution >= 0.6 is 0 Å². The molecule has 1 atom stereocenters. The fraction of sp³-hybridized carbons (Fsp3) is 0.474. The largest absolute Gasteiger partial charge is 0.480 e. The van der Waals surface area contributed by atoms with E-state index >= 15 is 0 Å². The third-order valence-corrected chi connectivity index (χ3v) is 4.44. The lowest BCUT2D eigenvalue weighted by Gasteiger charge is -2.16. The Morgan fingerprint density at radius 2 is 1.74 bits per heavy atom. The second-order valence-corrected chi connectivity index (χ2v) is 6.80. The van der Waals surface area contributed by atoms with Crippen LogP contribution in [0.15, 0.2) is 24.3 Å². The van der Waals surface area contributed by atoms with Gasteiger partial charge in [-0.3, -0.25) is 19.2 Å². The van der Waals surface area contributed by atoms with Crippen molar-refractivity contribution >= 4 is 29.4 Å². The van der Waals surface area contributed by atoms with Gasteiger partial charge in [0.2, 0.25) is 11.8 Å². The van der Waals surface area contributed by atoms with Gasteiger partial charge in [0.05, 0.1) is 0 Å². The number of aliphatic carboxylic acids is 1. The van der Waals surface area contributed by atoms with E-state index in [1.165, 1.54) is 12.1 Å². The molecule has 4 N–H and O–H groups in total. The first kappa shape index (κ1) is 20.4. The van der Waals surface area contributed by atoms with Crippen molar-refractivity contribution in [3.63, 3.8) is 0 Å². The number of carbonyl (C=O) groups is 4. The minimum atomic E-state index is -1.12. The smallest absolute Gasteiger partial charge is 0.322 e. The molecular formula is C19H25N3O5. The highest BCUT2D eigenvalue weighted by Gasteiger charge is 2.24. The molecule has 0 saturated heterocycles. The summed E-state index contributed by atoms with van der Waals surface area (Å²) < 4.78 is 0. The van der Waals surface area contributed by atoms with Crippen molar-refractivity contribution in [2.24, 2.45) is 5.92 Å². The Morgan fingerprint density at radius 1 is 1.11 bits per heavy atom. The molecule has 0 aromatic heterocycles. The quantitative estimate of drug-likeness (QED) is 0.548. The van der Waals surface area contributed by atoms with Gasteiger partial charge in [-0.2, -0.15) is 0 Å². The van der Waals surface area contributed by atoms with E-state index in [1.54, 1.807) is 19.1 Å². The van der Waals surface area contributed by atoms with Crippen molar-refractivity contribution in [1.29, 1.82) is 0 Å². The number of anilines is 1. The molecule has 1 aliphatic carbocycles. The van der Waals surface area contributed by atoms with Crippen LogP contribution in [0.25, 0.3) is 0 Å². The summed E-state index contributed by atoms with van der Waals surface area (Å²) in [6.45, 7) is 1.34. The summed E-state index contributed by atoms with van der Waals surface area (Å²) in [4.78, 5) is 46.4. The molecule has 27 heavy (non-hydrogen) atoms. The third-order valence-electron chi connectivity index (χ3n) is 4.44. The number of benzene rings is 1. The van der Waals surface area contributed by atoms with Gasteiger partial charge in [-0.05, 0) is 44.0 Å². The van der Waals surface area contributed by atoms with Crippen molar-refractivity contribution in [1.82, 2.24) is 10.6 Å². The maximum absolute atomic E-state index is 12.1. The molecule has 3 amide bonds. The third kappa shape index (κ3) is 6.73. The molecule has 0 bridgehead atoms. The minimum Gasteiger partial charge on any atom is -0.480 e. The van der Waals surface area contributed by atoms with Gasteiger partial charge in [-0.1, -0.05) is 12.8 Å². The van der Waals surface area contributed by atoms with E-state index in [-0.39, 0.29) is 30.2 Å². The van der Waals surface area contributed by atoms with E-state index in [4.69, 9.17) is 5.11 Å². The van der Waals surface area contributed by atoms with Gasteiger partial charge in [-0.25, -0.2) is 0 Å². The zero-order valence-corrected chi connectivity index (χ0v) is 15.3. The summed E-state index contributed by atoms with van der Waals surface area (Å²) in [5, 5.41) is 16.4. The summed E-state index contributed by atoms with van der Waals surface area (Å²) in [5.41, 5.74) is 0.815. The number of carbonyl (C=O) groups excluding carboxylic acids is 3. The van der Waals surface area contributed by atoms with Gasteiger partial charge in [-0.15, -0.1) is 0 Å². The standard InChI is InChI=1S/C19H25N3O5/c1-12(21-19(27)13-4-2-3-5-13)10-16(23)22-15-8-6-14(7-9-15)18(26)20-11-17(24)25/h6-9,12-13H,2-5,10-11H2,1H3,(H,20,26)(H,21,27)(H,22,23)(H,24,25). The van der Waals surface area contributed by atoms with E-state index in [0.29, 0.717) is 11.3 Å². The van der Waals surface area contributed by atoms with Crippen LogP contribution in [0.4, 0.5) is 5.69 Å². The Balaban J connectivity index is 1.78. The molecule has 146 valence electrons. The van der Waals surface area contributed by atoms with Gasteiger partial charge < -0.3 is 21.1 Å². The SMILES string of the molecule is CC(CC(=O)Nc1ccc(C(=O)NCC(=O)O)cc1)NC(=O)C1CCCC1. The van der Waals surface area contributed by atoms with Crippen LogP contribution < -0.4 is 16.0 Å². The number of rotatable bonds is 8. The van der Waals surface area contributed by atoms with Gasteiger partial charge in [0.25, 0.3) is 5.91 Å². The van der Waals surface area contributed by atoms with Gasteiger partial charge >= 0.3 is 5.97 Å². The fourth-order valence-electron chi connectivity index (χ4n) is 3.05. The number of hydrogen-bond donors (Lipinski definition) is 4. The topological polar surface area (TPSA) is 125 Å². The summed E-state index contributed by atoms with van der Waals surface area (Å²) >= 11 is 0. The molecule has 1 aromatic rings. The average Bonchev–Trinajstić information content (AvgIpc) is 3.14. The molecule has 8 heteroatoms.